The van der Waals surface area contributed by atoms with Crippen LogP contribution in [0.4, 0.5) is 11.4 Å². The van der Waals surface area contributed by atoms with Crippen molar-refractivity contribution in [3.8, 4) is 0 Å². The summed E-state index contributed by atoms with van der Waals surface area (Å²) < 4.78 is 0. The van der Waals surface area contributed by atoms with Crippen molar-refractivity contribution in [1.82, 2.24) is 10.2 Å². The maximum Gasteiger partial charge on any atom is 0.313 e. The number of benzene rings is 2. The first kappa shape index (κ1) is 20.9. The quantitative estimate of drug-likeness (QED) is 0.766. The second kappa shape index (κ2) is 8.66. The summed E-state index contributed by atoms with van der Waals surface area (Å²) in [5, 5.41) is 5.50. The van der Waals surface area contributed by atoms with Gasteiger partial charge >= 0.3 is 11.8 Å². The number of hydrogen-bond acceptors (Lipinski definition) is 4. The lowest BCUT2D eigenvalue weighted by Gasteiger charge is -2.26. The lowest BCUT2D eigenvalue weighted by atomic mass is 10.0. The Balaban J connectivity index is 1.65. The van der Waals surface area contributed by atoms with Gasteiger partial charge in [0.2, 0.25) is 0 Å². The summed E-state index contributed by atoms with van der Waals surface area (Å²) in [6.07, 6.45) is 1.03. The average Bonchev–Trinajstić information content (AvgIpc) is 3.05. The Labute approximate surface area is 172 Å². The van der Waals surface area contributed by atoms with Crippen LogP contribution in [0.5, 0.6) is 0 Å². The number of carbonyl (C=O) groups excluding carboxylic acids is 2. The molecule has 1 unspecified atom stereocenters. The van der Waals surface area contributed by atoms with E-state index in [1.165, 1.54) is 11.3 Å². The van der Waals surface area contributed by atoms with Crippen molar-refractivity contribution in [2.45, 2.75) is 26.3 Å². The predicted molar refractivity (Wildman–Crippen MR) is 117 cm³/mol. The van der Waals surface area contributed by atoms with Gasteiger partial charge in [0.15, 0.2) is 0 Å². The monoisotopic (exact) mass is 394 g/mol. The molecule has 1 aliphatic rings. The topological polar surface area (TPSA) is 64.7 Å². The summed E-state index contributed by atoms with van der Waals surface area (Å²) in [7, 11) is 6.06. The van der Waals surface area contributed by atoms with E-state index in [0.717, 1.165) is 29.7 Å². The summed E-state index contributed by atoms with van der Waals surface area (Å²) >= 11 is 0. The van der Waals surface area contributed by atoms with Gasteiger partial charge in [0.1, 0.15) is 0 Å². The molecule has 0 bridgehead atoms. The lowest BCUT2D eigenvalue weighted by Crippen LogP contribution is -2.40. The van der Waals surface area contributed by atoms with Crippen LogP contribution in [0.2, 0.25) is 0 Å². The highest BCUT2D eigenvalue weighted by Gasteiger charge is 2.22. The van der Waals surface area contributed by atoms with Crippen LogP contribution in [0.1, 0.15) is 28.3 Å². The molecule has 0 aliphatic carbocycles. The number of fused-ring (bicyclic) bond motifs is 1. The summed E-state index contributed by atoms with van der Waals surface area (Å²) in [6, 6.07) is 12.1. The van der Waals surface area contributed by atoms with Gasteiger partial charge in [0.25, 0.3) is 0 Å². The molecule has 2 amide bonds. The van der Waals surface area contributed by atoms with E-state index in [-0.39, 0.29) is 6.04 Å². The molecular formula is C23H30N4O2. The van der Waals surface area contributed by atoms with Crippen LogP contribution in [0.3, 0.4) is 0 Å². The van der Waals surface area contributed by atoms with Crippen LogP contribution in [0, 0.1) is 13.8 Å². The molecule has 0 saturated heterocycles. The molecule has 2 aromatic rings. The molecular weight excluding hydrogens is 364 g/mol. The molecule has 0 saturated carbocycles. The summed E-state index contributed by atoms with van der Waals surface area (Å²) in [5.41, 5.74) is 6.43. The zero-order valence-corrected chi connectivity index (χ0v) is 17.9. The Kier molecular flexibility index (Phi) is 6.23. The third-order valence-electron chi connectivity index (χ3n) is 5.75. The fourth-order valence-electron chi connectivity index (χ4n) is 3.73. The Hall–Kier alpha value is -2.86. The molecule has 2 N–H and O–H groups in total. The van der Waals surface area contributed by atoms with Crippen molar-refractivity contribution in [3.63, 3.8) is 0 Å². The average molecular weight is 395 g/mol. The van der Waals surface area contributed by atoms with Gasteiger partial charge in [0.05, 0.1) is 6.04 Å². The second-order valence-corrected chi connectivity index (χ2v) is 7.95. The molecule has 0 fully saturated rings. The van der Waals surface area contributed by atoms with Crippen molar-refractivity contribution in [2.24, 2.45) is 0 Å². The Morgan fingerprint density at radius 2 is 1.90 bits per heavy atom. The Morgan fingerprint density at radius 3 is 2.62 bits per heavy atom. The third-order valence-corrected chi connectivity index (χ3v) is 5.75. The van der Waals surface area contributed by atoms with Gasteiger partial charge in [-0.15, -0.1) is 0 Å². The van der Waals surface area contributed by atoms with E-state index in [1.54, 1.807) is 6.07 Å². The maximum atomic E-state index is 12.4. The highest BCUT2D eigenvalue weighted by Crippen LogP contribution is 2.30. The van der Waals surface area contributed by atoms with Crippen molar-refractivity contribution in [1.29, 1.82) is 0 Å². The first-order valence-electron chi connectivity index (χ1n) is 9.93. The van der Waals surface area contributed by atoms with E-state index >= 15 is 0 Å². The van der Waals surface area contributed by atoms with Gasteiger partial charge in [0, 0.05) is 31.5 Å². The van der Waals surface area contributed by atoms with Crippen molar-refractivity contribution in [2.75, 3.05) is 44.4 Å². The van der Waals surface area contributed by atoms with Gasteiger partial charge in [-0.1, -0.05) is 24.3 Å². The number of anilines is 2. The van der Waals surface area contributed by atoms with Gasteiger partial charge < -0.3 is 20.4 Å². The second-order valence-electron chi connectivity index (χ2n) is 7.95. The van der Waals surface area contributed by atoms with Gasteiger partial charge in [-0.05, 0) is 68.8 Å². The van der Waals surface area contributed by atoms with Gasteiger partial charge in [-0.2, -0.15) is 0 Å². The highest BCUT2D eigenvalue weighted by molar-refractivity contribution is 6.39. The van der Waals surface area contributed by atoms with Crippen LogP contribution < -0.4 is 15.5 Å². The molecule has 2 aromatic carbocycles. The van der Waals surface area contributed by atoms with E-state index in [9.17, 15) is 9.59 Å². The lowest BCUT2D eigenvalue weighted by molar-refractivity contribution is -0.136. The zero-order chi connectivity index (χ0) is 21.1. The van der Waals surface area contributed by atoms with Crippen LogP contribution in [-0.4, -0.2) is 50.9 Å². The fraction of sp³-hybridized carbons (Fsp3) is 0.391. The molecule has 1 atom stereocenters. The molecule has 0 aromatic heterocycles. The molecule has 154 valence electrons. The zero-order valence-electron chi connectivity index (χ0n) is 17.9. The molecule has 1 aliphatic heterocycles. The Bertz CT molecular complexity index is 923. The van der Waals surface area contributed by atoms with Gasteiger partial charge in [-0.3, -0.25) is 9.59 Å². The largest absolute Gasteiger partial charge is 0.374 e. The maximum absolute atomic E-state index is 12.4. The number of likely N-dealkylation sites (N-methyl/N-ethyl adjacent to an activating group) is 2. The smallest absolute Gasteiger partial charge is 0.313 e. The van der Waals surface area contributed by atoms with E-state index in [0.29, 0.717) is 12.2 Å². The van der Waals surface area contributed by atoms with Gasteiger partial charge in [-0.25, -0.2) is 0 Å². The van der Waals surface area contributed by atoms with Crippen LogP contribution in [0.15, 0.2) is 36.4 Å². The van der Waals surface area contributed by atoms with Crippen molar-refractivity contribution >= 4 is 23.2 Å². The van der Waals surface area contributed by atoms with Crippen LogP contribution >= 0.6 is 0 Å². The summed E-state index contributed by atoms with van der Waals surface area (Å²) in [4.78, 5) is 29.0. The number of nitrogens with zero attached hydrogens (tertiary/aromatic N) is 2. The first-order chi connectivity index (χ1) is 13.8. The highest BCUT2D eigenvalue weighted by atomic mass is 16.2. The molecule has 6 heteroatoms. The van der Waals surface area contributed by atoms with Crippen molar-refractivity contribution < 1.29 is 9.59 Å². The molecule has 1 heterocycles. The van der Waals surface area contributed by atoms with Crippen molar-refractivity contribution in [3.05, 3.63) is 58.7 Å². The molecule has 3 rings (SSSR count). The standard InChI is InChI=1S/C23H30N4O2/c1-15-7-6-8-19(16(15)2)25-23(29)22(28)24-14-21(26(3)4)17-9-10-20-18(13-17)11-12-27(20)5/h6-10,13,21H,11-12,14H2,1-5H3,(H,24,28)(H,25,29). The minimum absolute atomic E-state index is 0.0105. The number of amides is 2. The minimum atomic E-state index is -0.646. The van der Waals surface area contributed by atoms with E-state index in [4.69, 9.17) is 0 Å². The minimum Gasteiger partial charge on any atom is -0.374 e. The normalized spacial score (nSPS) is 13.9. The molecule has 29 heavy (non-hydrogen) atoms. The molecule has 0 spiro atoms. The number of rotatable bonds is 5. The number of aryl methyl sites for hydroxylation is 1. The molecule has 0 radical (unpaired) electrons. The summed E-state index contributed by atoms with van der Waals surface area (Å²) in [6.45, 7) is 5.29. The third kappa shape index (κ3) is 4.59. The summed E-state index contributed by atoms with van der Waals surface area (Å²) in [5.74, 6) is -1.27. The SMILES string of the molecule is Cc1cccc(NC(=O)C(=O)NCC(c2ccc3c(c2)CCN3C)N(C)C)c1C. The first-order valence-corrected chi connectivity index (χ1v) is 9.93. The molecule has 6 nitrogen and oxygen atoms in total. The van der Waals surface area contributed by atoms with E-state index < -0.39 is 11.8 Å². The number of carbonyl (C=O) groups is 2. The van der Waals surface area contributed by atoms with E-state index in [2.05, 4.69) is 45.7 Å². The number of hydrogen-bond donors (Lipinski definition) is 2. The van der Waals surface area contributed by atoms with E-state index in [1.807, 2.05) is 40.1 Å². The Morgan fingerprint density at radius 1 is 1.14 bits per heavy atom. The number of nitrogens with one attached hydrogen (secondary N) is 2. The fourth-order valence-corrected chi connectivity index (χ4v) is 3.73. The predicted octanol–water partition coefficient (Wildman–Crippen LogP) is 2.65. The van der Waals surface area contributed by atoms with Crippen LogP contribution in [-0.2, 0) is 16.0 Å². The van der Waals surface area contributed by atoms with Crippen LogP contribution in [0.25, 0.3) is 0 Å².